The second-order valence-corrected chi connectivity index (χ2v) is 5.49. The summed E-state index contributed by atoms with van der Waals surface area (Å²) in [5.41, 5.74) is 1.18. The van der Waals surface area contributed by atoms with E-state index in [0.29, 0.717) is 0 Å². The lowest BCUT2D eigenvalue weighted by atomic mass is 10.0. The fourth-order valence-electron chi connectivity index (χ4n) is 2.37. The molecule has 0 saturated carbocycles. The smallest absolute Gasteiger partial charge is 0.240 e. The van der Waals surface area contributed by atoms with E-state index >= 15 is 0 Å². The van der Waals surface area contributed by atoms with E-state index in [1.807, 2.05) is 23.1 Å². The summed E-state index contributed by atoms with van der Waals surface area (Å²) in [5, 5.41) is -0.459. The number of rotatable bonds is 2. The number of piperazine rings is 1. The highest BCUT2D eigenvalue weighted by Crippen LogP contribution is 2.26. The molecule has 4 heteroatoms. The molecule has 0 N–H and O–H groups in total. The fraction of sp³-hybridized carbons (Fsp3) is 0.500. The van der Waals surface area contributed by atoms with Gasteiger partial charge in [-0.1, -0.05) is 30.3 Å². The summed E-state index contributed by atoms with van der Waals surface area (Å²) in [6, 6.07) is 10.3. The zero-order valence-corrected chi connectivity index (χ0v) is 11.6. The molecule has 1 amide bonds. The minimum absolute atomic E-state index is 0.0265. The van der Waals surface area contributed by atoms with Crippen molar-refractivity contribution in [1.29, 1.82) is 0 Å². The molecule has 1 aliphatic heterocycles. The standard InChI is InChI=1S/C14H19ClN2O/c1-11(15)14(18)17-9-8-16(2)10-13(17)12-6-4-3-5-7-12/h3-7,11,13H,8-10H2,1-2H3. The van der Waals surface area contributed by atoms with E-state index in [2.05, 4.69) is 24.1 Å². The molecule has 1 saturated heterocycles. The zero-order valence-electron chi connectivity index (χ0n) is 10.8. The fourth-order valence-corrected chi connectivity index (χ4v) is 2.50. The normalized spacial score (nSPS) is 22.8. The van der Waals surface area contributed by atoms with Crippen molar-refractivity contribution in [2.45, 2.75) is 18.3 Å². The van der Waals surface area contributed by atoms with Gasteiger partial charge in [0.1, 0.15) is 5.38 Å². The molecule has 1 aliphatic rings. The summed E-state index contributed by atoms with van der Waals surface area (Å²) in [4.78, 5) is 16.3. The van der Waals surface area contributed by atoms with Gasteiger partial charge in [-0.15, -0.1) is 11.6 Å². The first-order valence-corrected chi connectivity index (χ1v) is 6.71. The number of carbonyl (C=O) groups is 1. The molecular weight excluding hydrogens is 248 g/mol. The first-order chi connectivity index (χ1) is 8.59. The summed E-state index contributed by atoms with van der Waals surface area (Å²) in [7, 11) is 2.09. The van der Waals surface area contributed by atoms with E-state index in [0.717, 1.165) is 19.6 Å². The van der Waals surface area contributed by atoms with Crippen molar-refractivity contribution >= 4 is 17.5 Å². The second kappa shape index (κ2) is 5.72. The molecule has 1 aromatic rings. The molecule has 0 bridgehead atoms. The SMILES string of the molecule is CC(Cl)C(=O)N1CCN(C)CC1c1ccccc1. The van der Waals surface area contributed by atoms with Crippen LogP contribution in [-0.2, 0) is 4.79 Å². The van der Waals surface area contributed by atoms with Crippen LogP contribution in [0.5, 0.6) is 0 Å². The Morgan fingerprint density at radius 1 is 1.33 bits per heavy atom. The van der Waals surface area contributed by atoms with Crippen LogP contribution >= 0.6 is 11.6 Å². The molecule has 0 aliphatic carbocycles. The first kappa shape index (κ1) is 13.4. The predicted octanol–water partition coefficient (Wildman–Crippen LogP) is 2.13. The Kier molecular flexibility index (Phi) is 4.25. The topological polar surface area (TPSA) is 23.6 Å². The van der Waals surface area contributed by atoms with E-state index in [1.54, 1.807) is 6.92 Å². The van der Waals surface area contributed by atoms with E-state index in [-0.39, 0.29) is 11.9 Å². The van der Waals surface area contributed by atoms with Crippen LogP contribution in [-0.4, -0.2) is 47.8 Å². The molecule has 3 nitrogen and oxygen atoms in total. The van der Waals surface area contributed by atoms with Gasteiger partial charge >= 0.3 is 0 Å². The van der Waals surface area contributed by atoms with Crippen LogP contribution < -0.4 is 0 Å². The Labute approximate surface area is 113 Å². The maximum absolute atomic E-state index is 12.2. The van der Waals surface area contributed by atoms with Crippen molar-refractivity contribution in [2.24, 2.45) is 0 Å². The Morgan fingerprint density at radius 3 is 2.61 bits per heavy atom. The van der Waals surface area contributed by atoms with Gasteiger partial charge in [0.25, 0.3) is 0 Å². The molecule has 2 atom stereocenters. The molecule has 18 heavy (non-hydrogen) atoms. The summed E-state index contributed by atoms with van der Waals surface area (Å²) in [6.07, 6.45) is 0. The van der Waals surface area contributed by atoms with Crippen molar-refractivity contribution in [2.75, 3.05) is 26.7 Å². The average Bonchev–Trinajstić information content (AvgIpc) is 2.39. The maximum atomic E-state index is 12.2. The van der Waals surface area contributed by atoms with Crippen LogP contribution in [0.4, 0.5) is 0 Å². The third kappa shape index (κ3) is 2.85. The minimum Gasteiger partial charge on any atom is -0.332 e. The number of alkyl halides is 1. The summed E-state index contributed by atoms with van der Waals surface area (Å²) in [6.45, 7) is 4.24. The third-order valence-corrected chi connectivity index (χ3v) is 3.58. The molecule has 0 spiro atoms. The van der Waals surface area contributed by atoms with Gasteiger partial charge in [-0.3, -0.25) is 4.79 Å². The predicted molar refractivity (Wildman–Crippen MR) is 73.7 cm³/mol. The number of hydrogen-bond acceptors (Lipinski definition) is 2. The van der Waals surface area contributed by atoms with Crippen molar-refractivity contribution in [3.05, 3.63) is 35.9 Å². The number of amides is 1. The van der Waals surface area contributed by atoms with Crippen LogP contribution in [0.25, 0.3) is 0 Å². The zero-order chi connectivity index (χ0) is 13.1. The van der Waals surface area contributed by atoms with Crippen LogP contribution in [0.15, 0.2) is 30.3 Å². The number of nitrogens with zero attached hydrogens (tertiary/aromatic N) is 2. The summed E-state index contributed by atoms with van der Waals surface area (Å²) >= 11 is 5.95. The monoisotopic (exact) mass is 266 g/mol. The van der Waals surface area contributed by atoms with Gasteiger partial charge in [-0.05, 0) is 19.5 Å². The van der Waals surface area contributed by atoms with E-state index in [9.17, 15) is 4.79 Å². The molecular formula is C14H19ClN2O. The number of benzene rings is 1. The molecule has 1 heterocycles. The van der Waals surface area contributed by atoms with Crippen LogP contribution in [0.1, 0.15) is 18.5 Å². The van der Waals surface area contributed by atoms with Crippen LogP contribution in [0.2, 0.25) is 0 Å². The number of likely N-dealkylation sites (N-methyl/N-ethyl adjacent to an activating group) is 1. The summed E-state index contributed by atoms with van der Waals surface area (Å²) < 4.78 is 0. The van der Waals surface area contributed by atoms with E-state index in [1.165, 1.54) is 5.56 Å². The molecule has 2 unspecified atom stereocenters. The Hall–Kier alpha value is -1.06. The number of hydrogen-bond donors (Lipinski definition) is 0. The number of halogens is 1. The van der Waals surface area contributed by atoms with Crippen molar-refractivity contribution in [3.63, 3.8) is 0 Å². The quantitative estimate of drug-likeness (QED) is 0.766. The highest BCUT2D eigenvalue weighted by Gasteiger charge is 2.31. The van der Waals surface area contributed by atoms with Gasteiger partial charge in [-0.2, -0.15) is 0 Å². The lowest BCUT2D eigenvalue weighted by Crippen LogP contribution is -2.51. The van der Waals surface area contributed by atoms with Gasteiger partial charge in [0, 0.05) is 19.6 Å². The van der Waals surface area contributed by atoms with Crippen molar-refractivity contribution in [3.8, 4) is 0 Å². The molecule has 1 fully saturated rings. The molecule has 98 valence electrons. The van der Waals surface area contributed by atoms with Gasteiger partial charge in [0.2, 0.25) is 5.91 Å². The molecule has 2 rings (SSSR count). The van der Waals surface area contributed by atoms with Crippen molar-refractivity contribution < 1.29 is 4.79 Å². The largest absolute Gasteiger partial charge is 0.332 e. The van der Waals surface area contributed by atoms with Crippen LogP contribution in [0, 0.1) is 0 Å². The summed E-state index contributed by atoms with van der Waals surface area (Å²) in [5.74, 6) is 0.0265. The van der Waals surface area contributed by atoms with Gasteiger partial charge in [0.05, 0.1) is 6.04 Å². The average molecular weight is 267 g/mol. The van der Waals surface area contributed by atoms with Crippen molar-refractivity contribution in [1.82, 2.24) is 9.80 Å². The molecule has 0 radical (unpaired) electrons. The van der Waals surface area contributed by atoms with Crippen LogP contribution in [0.3, 0.4) is 0 Å². The molecule has 1 aromatic carbocycles. The lowest BCUT2D eigenvalue weighted by Gasteiger charge is -2.40. The second-order valence-electron chi connectivity index (χ2n) is 4.84. The lowest BCUT2D eigenvalue weighted by molar-refractivity contribution is -0.135. The molecule has 0 aromatic heterocycles. The highest BCUT2D eigenvalue weighted by atomic mass is 35.5. The Balaban J connectivity index is 2.24. The number of carbonyl (C=O) groups excluding carboxylic acids is 1. The van der Waals surface area contributed by atoms with Gasteiger partial charge in [0.15, 0.2) is 0 Å². The first-order valence-electron chi connectivity index (χ1n) is 6.27. The maximum Gasteiger partial charge on any atom is 0.240 e. The van der Waals surface area contributed by atoms with Gasteiger partial charge < -0.3 is 9.80 Å². The Morgan fingerprint density at radius 2 is 2.00 bits per heavy atom. The van der Waals surface area contributed by atoms with E-state index < -0.39 is 5.38 Å². The van der Waals surface area contributed by atoms with E-state index in [4.69, 9.17) is 11.6 Å². The third-order valence-electron chi connectivity index (χ3n) is 3.39. The minimum atomic E-state index is -0.459. The van der Waals surface area contributed by atoms with Gasteiger partial charge in [-0.25, -0.2) is 0 Å². The highest BCUT2D eigenvalue weighted by molar-refractivity contribution is 6.30. The Bertz CT molecular complexity index is 408.